The van der Waals surface area contributed by atoms with E-state index in [1.54, 1.807) is 6.20 Å². The molecule has 0 saturated carbocycles. The second-order valence-electron chi connectivity index (χ2n) is 6.88. The third-order valence-electron chi connectivity index (χ3n) is 4.85. The van der Waals surface area contributed by atoms with Gasteiger partial charge in [0.05, 0.1) is 10.2 Å². The number of anilines is 2. The zero-order chi connectivity index (χ0) is 20.3. The summed E-state index contributed by atoms with van der Waals surface area (Å²) in [5.74, 6) is 0.673. The van der Waals surface area contributed by atoms with E-state index in [-0.39, 0.29) is 5.91 Å². The van der Waals surface area contributed by atoms with E-state index in [2.05, 4.69) is 26.7 Å². The van der Waals surface area contributed by atoms with Gasteiger partial charge in [0.15, 0.2) is 5.13 Å². The van der Waals surface area contributed by atoms with Crippen molar-refractivity contribution in [3.05, 3.63) is 96.2 Å². The molecule has 5 rings (SSSR count). The van der Waals surface area contributed by atoms with E-state index in [4.69, 9.17) is 0 Å². The lowest BCUT2D eigenvalue weighted by molar-refractivity contribution is 0.0951. The fourth-order valence-electron chi connectivity index (χ4n) is 3.32. The van der Waals surface area contributed by atoms with E-state index >= 15 is 0 Å². The number of fused-ring (bicyclic) bond motifs is 2. The first kappa shape index (κ1) is 18.3. The lowest BCUT2D eigenvalue weighted by Crippen LogP contribution is -2.22. The summed E-state index contributed by atoms with van der Waals surface area (Å²) >= 11 is 1.50. The molecule has 6 heteroatoms. The molecule has 0 aliphatic heterocycles. The smallest absolute Gasteiger partial charge is 0.251 e. The summed E-state index contributed by atoms with van der Waals surface area (Å²) < 4.78 is 0.949. The number of thiazole rings is 1. The molecule has 0 aliphatic rings. The van der Waals surface area contributed by atoms with Crippen LogP contribution >= 0.6 is 11.3 Å². The highest BCUT2D eigenvalue weighted by atomic mass is 32.1. The van der Waals surface area contributed by atoms with Gasteiger partial charge in [-0.3, -0.25) is 4.79 Å². The molecule has 2 aromatic heterocycles. The van der Waals surface area contributed by atoms with Gasteiger partial charge in [-0.05, 0) is 35.2 Å². The van der Waals surface area contributed by atoms with E-state index in [0.29, 0.717) is 12.1 Å². The number of aromatic nitrogens is 2. The van der Waals surface area contributed by atoms with E-state index in [1.807, 2.05) is 72.8 Å². The van der Waals surface area contributed by atoms with Crippen molar-refractivity contribution in [3.8, 4) is 0 Å². The molecule has 2 N–H and O–H groups in total. The van der Waals surface area contributed by atoms with Crippen LogP contribution in [0.5, 0.6) is 0 Å². The van der Waals surface area contributed by atoms with Gasteiger partial charge in [-0.15, -0.1) is 0 Å². The number of carbonyl (C=O) groups excluding carboxylic acids is 1. The predicted molar refractivity (Wildman–Crippen MR) is 122 cm³/mol. The monoisotopic (exact) mass is 410 g/mol. The highest BCUT2D eigenvalue weighted by molar-refractivity contribution is 7.22. The van der Waals surface area contributed by atoms with Crippen LogP contribution in [0.2, 0.25) is 0 Å². The molecule has 5 aromatic rings. The summed E-state index contributed by atoms with van der Waals surface area (Å²) in [7, 11) is 0. The number of hydrogen-bond acceptors (Lipinski definition) is 5. The minimum Gasteiger partial charge on any atom is -0.348 e. The van der Waals surface area contributed by atoms with Gasteiger partial charge in [-0.25, -0.2) is 9.97 Å². The fourth-order valence-corrected chi connectivity index (χ4v) is 4.22. The SMILES string of the molecule is O=C(NCc1ccccc1)c1ccc2nc(Nc3nccc4ccccc34)sc2c1. The number of pyridine rings is 1. The second kappa shape index (κ2) is 7.93. The van der Waals surface area contributed by atoms with Crippen LogP contribution in [0.25, 0.3) is 21.0 Å². The Labute approximate surface area is 177 Å². The number of carbonyl (C=O) groups is 1. The summed E-state index contributed by atoms with van der Waals surface area (Å²) in [6, 6.07) is 25.5. The summed E-state index contributed by atoms with van der Waals surface area (Å²) in [4.78, 5) is 21.7. The molecule has 0 fully saturated rings. The first-order chi connectivity index (χ1) is 14.8. The van der Waals surface area contributed by atoms with E-state index in [0.717, 1.165) is 37.5 Å². The number of hydrogen-bond donors (Lipinski definition) is 2. The molecule has 0 unspecified atom stereocenters. The Morgan fingerprint density at radius 1 is 0.933 bits per heavy atom. The molecule has 5 nitrogen and oxygen atoms in total. The van der Waals surface area contributed by atoms with Crippen molar-refractivity contribution < 1.29 is 4.79 Å². The van der Waals surface area contributed by atoms with Crippen LogP contribution in [-0.2, 0) is 6.54 Å². The normalized spacial score (nSPS) is 10.9. The van der Waals surface area contributed by atoms with Crippen LogP contribution in [-0.4, -0.2) is 15.9 Å². The van der Waals surface area contributed by atoms with Gasteiger partial charge >= 0.3 is 0 Å². The quantitative estimate of drug-likeness (QED) is 0.400. The van der Waals surface area contributed by atoms with Crippen molar-refractivity contribution in [2.45, 2.75) is 6.54 Å². The maximum atomic E-state index is 12.6. The van der Waals surface area contributed by atoms with Crippen LogP contribution in [0.3, 0.4) is 0 Å². The summed E-state index contributed by atoms with van der Waals surface area (Å²) in [5.41, 5.74) is 2.54. The molecule has 146 valence electrons. The van der Waals surface area contributed by atoms with Gasteiger partial charge < -0.3 is 10.6 Å². The molecule has 0 saturated heterocycles. The summed E-state index contributed by atoms with van der Waals surface area (Å²) in [5, 5.41) is 9.20. The standard InChI is InChI=1S/C24H18N4OS/c29-23(26-15-16-6-2-1-3-7-16)18-10-11-20-21(14-18)30-24(27-20)28-22-19-9-5-4-8-17(19)12-13-25-22/h1-14H,15H2,(H,26,29)(H,25,27,28). The van der Waals surface area contributed by atoms with Crippen molar-refractivity contribution in [2.75, 3.05) is 5.32 Å². The molecule has 3 aromatic carbocycles. The third kappa shape index (κ3) is 3.73. The zero-order valence-corrected chi connectivity index (χ0v) is 16.8. The first-order valence-electron chi connectivity index (χ1n) is 9.60. The molecule has 0 atom stereocenters. The van der Waals surface area contributed by atoms with Crippen molar-refractivity contribution in [1.82, 2.24) is 15.3 Å². The first-order valence-corrected chi connectivity index (χ1v) is 10.4. The largest absolute Gasteiger partial charge is 0.348 e. The molecule has 2 heterocycles. The molecule has 0 radical (unpaired) electrons. The number of amides is 1. The predicted octanol–water partition coefficient (Wildman–Crippen LogP) is 5.52. The zero-order valence-electron chi connectivity index (χ0n) is 16.0. The number of nitrogens with zero attached hydrogens (tertiary/aromatic N) is 2. The van der Waals surface area contributed by atoms with E-state index in [1.165, 1.54) is 11.3 Å². The summed E-state index contributed by atoms with van der Waals surface area (Å²) in [6.45, 7) is 0.500. The van der Waals surface area contributed by atoms with Gasteiger partial charge in [-0.1, -0.05) is 65.9 Å². The van der Waals surface area contributed by atoms with Crippen LogP contribution in [0.15, 0.2) is 85.1 Å². The van der Waals surface area contributed by atoms with Gasteiger partial charge in [0, 0.05) is 23.7 Å². The lowest BCUT2D eigenvalue weighted by Gasteiger charge is -2.05. The molecule has 30 heavy (non-hydrogen) atoms. The van der Waals surface area contributed by atoms with Crippen LogP contribution in [0.1, 0.15) is 15.9 Å². The van der Waals surface area contributed by atoms with Crippen molar-refractivity contribution in [2.24, 2.45) is 0 Å². The maximum Gasteiger partial charge on any atom is 0.251 e. The highest BCUT2D eigenvalue weighted by Gasteiger charge is 2.11. The minimum atomic E-state index is -0.0978. The minimum absolute atomic E-state index is 0.0978. The number of nitrogens with one attached hydrogen (secondary N) is 2. The Hall–Kier alpha value is -3.77. The maximum absolute atomic E-state index is 12.6. The Balaban J connectivity index is 1.36. The Bertz CT molecular complexity index is 1340. The van der Waals surface area contributed by atoms with E-state index < -0.39 is 0 Å². The van der Waals surface area contributed by atoms with Gasteiger partial charge in [-0.2, -0.15) is 0 Å². The van der Waals surface area contributed by atoms with Crippen molar-refractivity contribution in [1.29, 1.82) is 0 Å². The van der Waals surface area contributed by atoms with Gasteiger partial charge in [0.1, 0.15) is 5.82 Å². The van der Waals surface area contributed by atoms with Gasteiger partial charge in [0.25, 0.3) is 5.91 Å². The van der Waals surface area contributed by atoms with Crippen LogP contribution < -0.4 is 10.6 Å². The van der Waals surface area contributed by atoms with Crippen LogP contribution in [0.4, 0.5) is 10.9 Å². The van der Waals surface area contributed by atoms with Crippen molar-refractivity contribution >= 4 is 49.2 Å². The molecular weight excluding hydrogens is 392 g/mol. The molecule has 0 aliphatic carbocycles. The Morgan fingerprint density at radius 2 is 1.77 bits per heavy atom. The molecule has 0 bridgehead atoms. The average Bonchev–Trinajstić information content (AvgIpc) is 3.20. The third-order valence-corrected chi connectivity index (χ3v) is 5.78. The second-order valence-corrected chi connectivity index (χ2v) is 7.91. The van der Waals surface area contributed by atoms with Crippen molar-refractivity contribution in [3.63, 3.8) is 0 Å². The topological polar surface area (TPSA) is 66.9 Å². The molecule has 0 spiro atoms. The fraction of sp³-hybridized carbons (Fsp3) is 0.0417. The number of benzene rings is 3. The summed E-state index contributed by atoms with van der Waals surface area (Å²) in [6.07, 6.45) is 1.78. The average molecular weight is 411 g/mol. The van der Waals surface area contributed by atoms with Crippen LogP contribution in [0, 0.1) is 0 Å². The van der Waals surface area contributed by atoms with Gasteiger partial charge in [0.2, 0.25) is 0 Å². The Kier molecular flexibility index (Phi) is 4.83. The van der Waals surface area contributed by atoms with E-state index in [9.17, 15) is 4.79 Å². The Morgan fingerprint density at radius 3 is 2.67 bits per heavy atom. The lowest BCUT2D eigenvalue weighted by atomic mass is 10.1. The highest BCUT2D eigenvalue weighted by Crippen LogP contribution is 2.30. The molecule has 1 amide bonds. The number of rotatable bonds is 5. The molecular formula is C24H18N4OS.